The van der Waals surface area contributed by atoms with Crippen LogP contribution in [-0.4, -0.2) is 150 Å². The van der Waals surface area contributed by atoms with Crippen molar-refractivity contribution in [2.75, 3.05) is 13.2 Å². The molecule has 14 heteroatoms. The first kappa shape index (κ1) is 44.7. The Labute approximate surface area is 331 Å². The van der Waals surface area contributed by atoms with Gasteiger partial charge in [-0.25, -0.2) is 0 Å². The third kappa shape index (κ3) is 7.06. The van der Waals surface area contributed by atoms with Crippen LogP contribution in [0.2, 0.25) is 0 Å². The lowest BCUT2D eigenvalue weighted by atomic mass is 9.38. The van der Waals surface area contributed by atoms with E-state index in [0.29, 0.717) is 31.6 Å². The normalized spacial score (nSPS) is 50.3. The van der Waals surface area contributed by atoms with Gasteiger partial charge >= 0.3 is 0 Å². The highest BCUT2D eigenvalue weighted by atomic mass is 16.7. The molecule has 324 valence electrons. The van der Waals surface area contributed by atoms with Gasteiger partial charge in [-0.1, -0.05) is 53.2 Å². The Hall–Kier alpha value is -0.820. The molecule has 0 aromatic carbocycles. The molecule has 56 heavy (non-hydrogen) atoms. The largest absolute Gasteiger partial charge is 0.394 e. The molecule has 4 aliphatic carbocycles. The maximum Gasteiger partial charge on any atom is 0.187 e. The summed E-state index contributed by atoms with van der Waals surface area (Å²) in [5.74, 6) is 0.863. The zero-order chi connectivity index (χ0) is 41.5. The van der Waals surface area contributed by atoms with Crippen LogP contribution < -0.4 is 0 Å². The average Bonchev–Trinajstić information content (AvgIpc) is 3.41. The molecule has 14 nitrogen and oxygen atoms in total. The van der Waals surface area contributed by atoms with E-state index < -0.39 is 97.8 Å². The molecule has 0 aromatic rings. The van der Waals surface area contributed by atoms with Gasteiger partial charge in [-0.15, -0.1) is 0 Å². The zero-order valence-electron chi connectivity index (χ0n) is 34.6. The van der Waals surface area contributed by atoms with E-state index in [4.69, 9.17) is 18.9 Å². The lowest BCUT2D eigenvalue weighted by molar-refractivity contribution is -0.331. The van der Waals surface area contributed by atoms with E-state index >= 15 is 0 Å². The minimum absolute atomic E-state index is 0.0557. The Balaban J connectivity index is 1.14. The molecule has 3 saturated carbocycles. The van der Waals surface area contributed by atoms with Crippen LogP contribution in [0, 0.1) is 45.3 Å². The number of ether oxygens (including phenoxy) is 4. The molecule has 0 radical (unpaired) electrons. The van der Waals surface area contributed by atoms with Crippen LogP contribution in [0.25, 0.3) is 0 Å². The number of rotatable bonds is 11. The van der Waals surface area contributed by atoms with Gasteiger partial charge in [-0.05, 0) is 99.7 Å². The molecule has 0 aromatic heterocycles. The number of aliphatic hydroxyl groups is 10. The number of hydrogen-bond donors (Lipinski definition) is 10. The quantitative estimate of drug-likeness (QED) is 0.132. The molecule has 6 aliphatic rings. The Bertz CT molecular complexity index is 1400. The third-order valence-corrected chi connectivity index (χ3v) is 16.7. The third-order valence-electron chi connectivity index (χ3n) is 16.7. The van der Waals surface area contributed by atoms with Gasteiger partial charge in [0.25, 0.3) is 0 Å². The van der Waals surface area contributed by atoms with Gasteiger partial charge in [0.05, 0.1) is 37.1 Å². The van der Waals surface area contributed by atoms with Crippen LogP contribution in [0.5, 0.6) is 0 Å². The molecular formula is C42H72O14. The summed E-state index contributed by atoms with van der Waals surface area (Å²) in [6, 6.07) is 0. The fourth-order valence-corrected chi connectivity index (χ4v) is 12.7. The molecule has 2 heterocycles. The van der Waals surface area contributed by atoms with Crippen molar-refractivity contribution in [2.24, 2.45) is 45.3 Å². The van der Waals surface area contributed by atoms with Gasteiger partial charge in [0.15, 0.2) is 12.6 Å². The van der Waals surface area contributed by atoms with Gasteiger partial charge in [-0.2, -0.15) is 0 Å². The van der Waals surface area contributed by atoms with E-state index in [-0.39, 0.29) is 40.1 Å². The fourth-order valence-electron chi connectivity index (χ4n) is 12.7. The second-order valence-corrected chi connectivity index (χ2v) is 20.2. The topological polar surface area (TPSA) is 239 Å². The number of allylic oxidation sites excluding steroid dienone is 1. The summed E-state index contributed by atoms with van der Waals surface area (Å²) in [6.45, 7) is 15.9. The van der Waals surface area contributed by atoms with E-state index in [2.05, 4.69) is 47.6 Å². The molecule has 5 fully saturated rings. The minimum Gasteiger partial charge on any atom is -0.394 e. The molecule has 2 aliphatic heterocycles. The Morgan fingerprint density at radius 1 is 0.768 bits per heavy atom. The summed E-state index contributed by atoms with van der Waals surface area (Å²) < 4.78 is 23.7. The van der Waals surface area contributed by atoms with Crippen molar-refractivity contribution in [3.8, 4) is 0 Å². The van der Waals surface area contributed by atoms with Crippen molar-refractivity contribution in [1.29, 1.82) is 0 Å². The first-order valence-electron chi connectivity index (χ1n) is 21.0. The predicted molar refractivity (Wildman–Crippen MR) is 202 cm³/mol. The van der Waals surface area contributed by atoms with Crippen molar-refractivity contribution < 1.29 is 70.0 Å². The van der Waals surface area contributed by atoms with Crippen LogP contribution in [0.4, 0.5) is 0 Å². The summed E-state index contributed by atoms with van der Waals surface area (Å²) in [6.07, 6.45) is -7.25. The minimum atomic E-state index is -1.57. The number of fused-ring (bicyclic) bond motifs is 5. The highest BCUT2D eigenvalue weighted by Gasteiger charge is 2.70. The van der Waals surface area contributed by atoms with Crippen molar-refractivity contribution in [3.63, 3.8) is 0 Å². The molecule has 0 bridgehead atoms. The lowest BCUT2D eigenvalue weighted by Crippen LogP contribution is -2.65. The predicted octanol–water partition coefficient (Wildman–Crippen LogP) is 1.12. The molecule has 2 saturated heterocycles. The van der Waals surface area contributed by atoms with Crippen molar-refractivity contribution in [1.82, 2.24) is 0 Å². The second-order valence-electron chi connectivity index (χ2n) is 20.2. The van der Waals surface area contributed by atoms with Crippen molar-refractivity contribution >= 4 is 0 Å². The smallest absolute Gasteiger partial charge is 0.187 e. The van der Waals surface area contributed by atoms with E-state index in [9.17, 15) is 51.1 Å². The maximum absolute atomic E-state index is 12.4. The van der Waals surface area contributed by atoms with E-state index in [0.717, 1.165) is 25.7 Å². The molecular weight excluding hydrogens is 728 g/mol. The Morgan fingerprint density at radius 2 is 1.34 bits per heavy atom. The molecule has 20 atom stereocenters. The van der Waals surface area contributed by atoms with Gasteiger partial charge in [0, 0.05) is 10.8 Å². The van der Waals surface area contributed by atoms with Crippen LogP contribution >= 0.6 is 0 Å². The van der Waals surface area contributed by atoms with Gasteiger partial charge in [0.2, 0.25) is 0 Å². The first-order chi connectivity index (χ1) is 26.0. The van der Waals surface area contributed by atoms with Crippen molar-refractivity contribution in [2.45, 2.75) is 192 Å². The monoisotopic (exact) mass is 800 g/mol. The molecule has 0 spiro atoms. The van der Waals surface area contributed by atoms with E-state index in [1.165, 1.54) is 5.57 Å². The zero-order valence-corrected chi connectivity index (χ0v) is 34.6. The Kier molecular flexibility index (Phi) is 12.7. The molecule has 0 amide bonds. The van der Waals surface area contributed by atoms with Gasteiger partial charge in [0.1, 0.15) is 48.8 Å². The summed E-state index contributed by atoms with van der Waals surface area (Å²) in [5, 5.41) is 105. The second kappa shape index (κ2) is 15.9. The highest BCUT2D eigenvalue weighted by molar-refractivity contribution is 5.32. The molecule has 6 rings (SSSR count). The number of hydrogen-bond acceptors (Lipinski definition) is 14. The van der Waals surface area contributed by atoms with Crippen LogP contribution in [0.3, 0.4) is 0 Å². The van der Waals surface area contributed by atoms with Crippen LogP contribution in [0.15, 0.2) is 11.6 Å². The maximum atomic E-state index is 12.4. The summed E-state index contributed by atoms with van der Waals surface area (Å²) >= 11 is 0. The molecule has 10 N–H and O–H groups in total. The highest BCUT2D eigenvalue weighted by Crippen LogP contribution is 2.75. The first-order valence-corrected chi connectivity index (χ1v) is 21.0. The average molecular weight is 801 g/mol. The van der Waals surface area contributed by atoms with Crippen molar-refractivity contribution in [3.05, 3.63) is 11.6 Å². The summed E-state index contributed by atoms with van der Waals surface area (Å²) in [7, 11) is 0. The summed E-state index contributed by atoms with van der Waals surface area (Å²) in [4.78, 5) is 0. The Morgan fingerprint density at radius 3 is 1.93 bits per heavy atom. The SMILES string of the molecule is C[C@H](CC[C@@H](O)C(C)(C)O[C@@H]1O[C@H](CO)[C@@H](O)[C@H](O)[C@H]1O)C1CC[C@@]2(C)[C@@H]3CC=C4[C@@H](CC[C@H](O[C@@H]5O[C@H](CO)[C@@H](O)[C@H](O)[C@H]5O)C4(C)C)[C@]3(C)[C@H](O)C[C@]12C. The summed E-state index contributed by atoms with van der Waals surface area (Å²) in [5.41, 5.74) is -1.03. The lowest BCUT2D eigenvalue weighted by Gasteiger charge is -2.67. The molecule has 1 unspecified atom stereocenters. The van der Waals surface area contributed by atoms with E-state index in [1.54, 1.807) is 13.8 Å². The van der Waals surface area contributed by atoms with Gasteiger partial charge < -0.3 is 70.0 Å². The van der Waals surface area contributed by atoms with E-state index in [1.807, 2.05) is 0 Å². The number of aliphatic hydroxyl groups excluding tert-OH is 10. The standard InChI is InChI=1S/C42H72O14/c1-20(9-13-27(45)39(4,5)56-37-35(52)33(50)31(48)25(19-44)54-37)21-15-16-40(6)26-12-10-22-23(42(26,8)28(46)17-41(21,40)7)11-14-29(38(22,2)3)55-36-34(51)32(49)30(47)24(18-43)53-36/h10,20-21,23-37,43-52H,9,11-19H2,1-8H3/t20-,21?,23-,24-,25-,26+,27-,28-,29+,30-,31-,32+,33+,34-,35-,36+,37+,40+,41-,42+/m1/s1. The fraction of sp³-hybridized carbons (Fsp3) is 0.952. The van der Waals surface area contributed by atoms with Crippen LogP contribution in [-0.2, 0) is 18.9 Å². The van der Waals surface area contributed by atoms with Gasteiger partial charge in [-0.3, -0.25) is 0 Å². The van der Waals surface area contributed by atoms with Crippen LogP contribution in [0.1, 0.15) is 107 Å².